The second kappa shape index (κ2) is 5.33. The summed E-state index contributed by atoms with van der Waals surface area (Å²) in [5, 5.41) is 3.28. The van der Waals surface area contributed by atoms with E-state index in [0.29, 0.717) is 26.0 Å². The largest absolute Gasteiger partial charge is 0.378 e. The third kappa shape index (κ3) is 2.78. The fourth-order valence-electron chi connectivity index (χ4n) is 2.62. The van der Waals surface area contributed by atoms with Crippen LogP contribution in [0.1, 0.15) is 32.6 Å². The molecule has 1 aliphatic carbocycles. The molecule has 0 aromatic carbocycles. The Morgan fingerprint density at radius 3 is 2.88 bits per heavy atom. The van der Waals surface area contributed by atoms with Crippen LogP contribution in [0.25, 0.3) is 0 Å². The second-order valence-electron chi connectivity index (χ2n) is 4.95. The molecule has 2 rings (SSSR count). The average molecular weight is 242 g/mol. The van der Waals surface area contributed by atoms with E-state index < -0.39 is 5.54 Å². The van der Waals surface area contributed by atoms with Crippen LogP contribution >= 0.6 is 0 Å². The summed E-state index contributed by atoms with van der Waals surface area (Å²) in [7, 11) is 0. The molecule has 0 aromatic rings. The van der Waals surface area contributed by atoms with E-state index >= 15 is 0 Å². The van der Waals surface area contributed by atoms with Crippen molar-refractivity contribution in [1.29, 1.82) is 0 Å². The first kappa shape index (κ1) is 12.8. The van der Waals surface area contributed by atoms with Gasteiger partial charge >= 0.3 is 0 Å². The van der Waals surface area contributed by atoms with E-state index in [9.17, 15) is 4.79 Å². The highest BCUT2D eigenvalue weighted by Crippen LogP contribution is 2.34. The Morgan fingerprint density at radius 2 is 2.35 bits per heavy atom. The van der Waals surface area contributed by atoms with Gasteiger partial charge in [0.05, 0.1) is 12.2 Å². The monoisotopic (exact) mass is 242 g/mol. The zero-order valence-corrected chi connectivity index (χ0v) is 10.4. The lowest BCUT2D eigenvalue weighted by Gasteiger charge is -2.45. The molecule has 1 atom stereocenters. The molecule has 2 aliphatic rings. The third-order valence-corrected chi connectivity index (χ3v) is 3.72. The Bertz CT molecular complexity index is 271. The zero-order chi connectivity index (χ0) is 12.3. The number of ether oxygens (including phenoxy) is 2. The van der Waals surface area contributed by atoms with E-state index in [1.165, 1.54) is 0 Å². The van der Waals surface area contributed by atoms with Crippen molar-refractivity contribution in [3.05, 3.63) is 0 Å². The van der Waals surface area contributed by atoms with Crippen LogP contribution < -0.4 is 11.1 Å². The van der Waals surface area contributed by atoms with Crippen LogP contribution in [-0.2, 0) is 14.3 Å². The van der Waals surface area contributed by atoms with E-state index in [2.05, 4.69) is 5.32 Å². The van der Waals surface area contributed by atoms with Crippen molar-refractivity contribution in [3.63, 3.8) is 0 Å². The highest BCUT2D eigenvalue weighted by molar-refractivity contribution is 5.86. The quantitative estimate of drug-likeness (QED) is 0.697. The molecule has 0 aromatic heterocycles. The first-order valence-electron chi connectivity index (χ1n) is 6.44. The Kier molecular flexibility index (Phi) is 4.01. The van der Waals surface area contributed by atoms with Crippen molar-refractivity contribution in [3.8, 4) is 0 Å². The maximum absolute atomic E-state index is 11.5. The van der Waals surface area contributed by atoms with Gasteiger partial charge in [0.1, 0.15) is 5.54 Å². The molecule has 1 aliphatic heterocycles. The highest BCUT2D eigenvalue weighted by Gasteiger charge is 2.49. The fraction of sp³-hybridized carbons (Fsp3) is 0.917. The molecular formula is C12H22N2O3. The molecule has 17 heavy (non-hydrogen) atoms. The molecule has 3 N–H and O–H groups in total. The van der Waals surface area contributed by atoms with E-state index in [1.807, 2.05) is 6.92 Å². The molecule has 1 amide bonds. The molecule has 0 bridgehead atoms. The maximum atomic E-state index is 11.5. The van der Waals surface area contributed by atoms with Crippen molar-refractivity contribution >= 4 is 5.91 Å². The molecule has 0 spiro atoms. The Morgan fingerprint density at radius 1 is 1.59 bits per heavy atom. The van der Waals surface area contributed by atoms with Crippen molar-refractivity contribution in [2.45, 2.75) is 50.4 Å². The van der Waals surface area contributed by atoms with Gasteiger partial charge in [-0.15, -0.1) is 0 Å². The summed E-state index contributed by atoms with van der Waals surface area (Å²) >= 11 is 0. The van der Waals surface area contributed by atoms with Gasteiger partial charge in [0.2, 0.25) is 5.91 Å². The van der Waals surface area contributed by atoms with Gasteiger partial charge in [0.25, 0.3) is 0 Å². The van der Waals surface area contributed by atoms with Gasteiger partial charge in [-0.1, -0.05) is 0 Å². The Labute approximate surface area is 102 Å². The van der Waals surface area contributed by atoms with Crippen LogP contribution in [0.3, 0.4) is 0 Å². The summed E-state index contributed by atoms with van der Waals surface area (Å²) in [6, 6.07) is 0. The minimum Gasteiger partial charge on any atom is -0.378 e. The fourth-order valence-corrected chi connectivity index (χ4v) is 2.62. The molecule has 5 heteroatoms. The molecule has 1 unspecified atom stereocenters. The standard InChI is InChI=1S/C12H22N2O3/c1-2-16-10-6-12(7-10,11(13)15)14-8-9-4-3-5-17-9/h9-10,14H,2-8H2,1H3,(H2,13,15). The number of nitrogens with two attached hydrogens (primary N) is 1. The lowest BCUT2D eigenvalue weighted by atomic mass is 9.73. The topological polar surface area (TPSA) is 73.6 Å². The number of nitrogens with one attached hydrogen (secondary N) is 1. The SMILES string of the molecule is CCOC1CC(NCC2CCCO2)(C(N)=O)C1. The van der Waals surface area contributed by atoms with Gasteiger partial charge in [0.15, 0.2) is 0 Å². The normalized spacial score (nSPS) is 36.8. The van der Waals surface area contributed by atoms with Crippen molar-refractivity contribution < 1.29 is 14.3 Å². The van der Waals surface area contributed by atoms with Gasteiger partial charge in [-0.05, 0) is 19.8 Å². The van der Waals surface area contributed by atoms with Gasteiger partial charge < -0.3 is 20.5 Å². The lowest BCUT2D eigenvalue weighted by molar-refractivity contribution is -0.137. The molecule has 1 saturated carbocycles. The maximum Gasteiger partial charge on any atom is 0.237 e. The van der Waals surface area contributed by atoms with Crippen LogP contribution in [-0.4, -0.2) is 43.4 Å². The number of carbonyl (C=O) groups is 1. The van der Waals surface area contributed by atoms with E-state index in [1.54, 1.807) is 0 Å². The first-order chi connectivity index (χ1) is 8.16. The first-order valence-corrected chi connectivity index (χ1v) is 6.44. The van der Waals surface area contributed by atoms with Gasteiger partial charge in [-0.25, -0.2) is 0 Å². The van der Waals surface area contributed by atoms with Crippen molar-refractivity contribution in [2.75, 3.05) is 19.8 Å². The lowest BCUT2D eigenvalue weighted by Crippen LogP contribution is -2.66. The van der Waals surface area contributed by atoms with Crippen molar-refractivity contribution in [2.24, 2.45) is 5.73 Å². The van der Waals surface area contributed by atoms with E-state index in [0.717, 1.165) is 19.4 Å². The molecule has 1 saturated heterocycles. The molecule has 98 valence electrons. The van der Waals surface area contributed by atoms with Crippen molar-refractivity contribution in [1.82, 2.24) is 5.32 Å². The zero-order valence-electron chi connectivity index (χ0n) is 10.4. The number of hydrogen-bond acceptors (Lipinski definition) is 4. The molecule has 1 heterocycles. The Balaban J connectivity index is 1.80. The van der Waals surface area contributed by atoms with Crippen LogP contribution in [0.15, 0.2) is 0 Å². The van der Waals surface area contributed by atoms with Gasteiger partial charge in [-0.3, -0.25) is 4.79 Å². The summed E-state index contributed by atoms with van der Waals surface area (Å²) in [5.41, 5.74) is 4.91. The summed E-state index contributed by atoms with van der Waals surface area (Å²) in [6.45, 7) is 4.19. The highest BCUT2D eigenvalue weighted by atomic mass is 16.5. The summed E-state index contributed by atoms with van der Waals surface area (Å²) in [6.07, 6.45) is 3.95. The van der Waals surface area contributed by atoms with Gasteiger partial charge in [0, 0.05) is 32.6 Å². The summed E-state index contributed by atoms with van der Waals surface area (Å²) < 4.78 is 11.0. The van der Waals surface area contributed by atoms with Crippen LogP contribution in [0.4, 0.5) is 0 Å². The number of rotatable bonds is 6. The summed E-state index contributed by atoms with van der Waals surface area (Å²) in [4.78, 5) is 11.5. The second-order valence-corrected chi connectivity index (χ2v) is 4.95. The molecular weight excluding hydrogens is 220 g/mol. The molecule has 2 fully saturated rings. The van der Waals surface area contributed by atoms with Crippen LogP contribution in [0.5, 0.6) is 0 Å². The number of primary amides is 1. The molecule has 5 nitrogen and oxygen atoms in total. The minimum atomic E-state index is -0.564. The third-order valence-electron chi connectivity index (χ3n) is 3.72. The van der Waals surface area contributed by atoms with Crippen LogP contribution in [0.2, 0.25) is 0 Å². The number of carbonyl (C=O) groups excluding carboxylic acids is 1. The smallest absolute Gasteiger partial charge is 0.237 e. The average Bonchev–Trinajstić information content (AvgIpc) is 2.73. The minimum absolute atomic E-state index is 0.171. The molecule has 0 radical (unpaired) electrons. The predicted molar refractivity (Wildman–Crippen MR) is 63.6 cm³/mol. The number of hydrogen-bond donors (Lipinski definition) is 2. The predicted octanol–water partition coefficient (Wildman–Crippen LogP) is 0.178. The number of amides is 1. The van der Waals surface area contributed by atoms with E-state index in [4.69, 9.17) is 15.2 Å². The van der Waals surface area contributed by atoms with Crippen LogP contribution in [0, 0.1) is 0 Å². The van der Waals surface area contributed by atoms with E-state index in [-0.39, 0.29) is 18.1 Å². The Hall–Kier alpha value is -0.650. The summed E-state index contributed by atoms with van der Waals surface area (Å²) in [5.74, 6) is -0.272. The van der Waals surface area contributed by atoms with Gasteiger partial charge in [-0.2, -0.15) is 0 Å².